The van der Waals surface area contributed by atoms with Crippen molar-refractivity contribution < 1.29 is 15.3 Å². The second-order valence-electron chi connectivity index (χ2n) is 3.05. The summed E-state index contributed by atoms with van der Waals surface area (Å²) in [5.74, 6) is 0.00798. The Bertz CT molecular complexity index is 290. The average Bonchev–Trinajstić information content (AvgIpc) is 2.18. The van der Waals surface area contributed by atoms with Gasteiger partial charge in [0.1, 0.15) is 11.9 Å². The van der Waals surface area contributed by atoms with Crippen molar-refractivity contribution in [2.45, 2.75) is 18.6 Å². The van der Waals surface area contributed by atoms with Gasteiger partial charge >= 0.3 is 0 Å². The zero-order valence-electron chi connectivity index (χ0n) is 7.60. The monoisotopic (exact) mass is 260 g/mol. The molecule has 14 heavy (non-hydrogen) atoms. The standard InChI is InChI=1S/C10H13BrO3/c11-6-5-9(13)10(14)7-3-1-2-4-8(7)12/h1-4,9-10,12-14H,5-6H2. The number of phenols is 1. The van der Waals surface area contributed by atoms with Gasteiger partial charge in [0.25, 0.3) is 0 Å². The summed E-state index contributed by atoms with van der Waals surface area (Å²) in [6.07, 6.45) is -1.45. The number of aliphatic hydroxyl groups excluding tert-OH is 2. The molecule has 0 fully saturated rings. The molecular weight excluding hydrogens is 248 g/mol. The molecule has 0 saturated heterocycles. The van der Waals surface area contributed by atoms with Crippen LogP contribution in [0.3, 0.4) is 0 Å². The molecule has 1 aromatic carbocycles. The van der Waals surface area contributed by atoms with Crippen molar-refractivity contribution in [2.75, 3.05) is 5.33 Å². The Morgan fingerprint density at radius 3 is 2.43 bits per heavy atom. The van der Waals surface area contributed by atoms with Crippen LogP contribution >= 0.6 is 15.9 Å². The van der Waals surface area contributed by atoms with Crippen LogP contribution in [0.1, 0.15) is 18.1 Å². The molecule has 0 radical (unpaired) electrons. The van der Waals surface area contributed by atoms with Crippen LogP contribution in [0.2, 0.25) is 0 Å². The number of rotatable bonds is 4. The maximum Gasteiger partial charge on any atom is 0.121 e. The Labute approximate surface area is 91.1 Å². The van der Waals surface area contributed by atoms with E-state index < -0.39 is 12.2 Å². The van der Waals surface area contributed by atoms with Gasteiger partial charge in [-0.1, -0.05) is 34.1 Å². The lowest BCUT2D eigenvalue weighted by Gasteiger charge is -2.17. The molecule has 0 aromatic heterocycles. The van der Waals surface area contributed by atoms with Gasteiger partial charge in [-0.15, -0.1) is 0 Å². The number of hydrogen-bond donors (Lipinski definition) is 3. The summed E-state index contributed by atoms with van der Waals surface area (Å²) in [6, 6.07) is 6.46. The van der Waals surface area contributed by atoms with Crippen LogP contribution in [0.25, 0.3) is 0 Å². The summed E-state index contributed by atoms with van der Waals surface area (Å²) < 4.78 is 0. The molecule has 0 aliphatic carbocycles. The summed E-state index contributed by atoms with van der Waals surface area (Å²) in [7, 11) is 0. The molecular formula is C10H13BrO3. The zero-order chi connectivity index (χ0) is 10.6. The summed E-state index contributed by atoms with van der Waals surface area (Å²) >= 11 is 3.18. The van der Waals surface area contributed by atoms with Gasteiger partial charge in [-0.25, -0.2) is 0 Å². The minimum Gasteiger partial charge on any atom is -0.508 e. The van der Waals surface area contributed by atoms with E-state index in [0.717, 1.165) is 0 Å². The van der Waals surface area contributed by atoms with Crippen LogP contribution in [0.4, 0.5) is 0 Å². The fourth-order valence-electron chi connectivity index (χ4n) is 1.21. The van der Waals surface area contributed by atoms with E-state index in [0.29, 0.717) is 17.3 Å². The molecule has 0 saturated carbocycles. The van der Waals surface area contributed by atoms with E-state index in [-0.39, 0.29) is 5.75 Å². The molecule has 1 aromatic rings. The summed E-state index contributed by atoms with van der Waals surface area (Å²) in [6.45, 7) is 0. The predicted octanol–water partition coefficient (Wildman–Crippen LogP) is 1.57. The Morgan fingerprint density at radius 2 is 1.86 bits per heavy atom. The predicted molar refractivity (Wildman–Crippen MR) is 57.5 cm³/mol. The first-order chi connectivity index (χ1) is 6.66. The topological polar surface area (TPSA) is 60.7 Å². The highest BCUT2D eigenvalue weighted by molar-refractivity contribution is 9.09. The van der Waals surface area contributed by atoms with Crippen molar-refractivity contribution in [1.29, 1.82) is 0 Å². The lowest BCUT2D eigenvalue weighted by Crippen LogP contribution is -2.18. The van der Waals surface area contributed by atoms with Gasteiger partial charge in [0.2, 0.25) is 0 Å². The van der Waals surface area contributed by atoms with Crippen LogP contribution in [-0.4, -0.2) is 26.8 Å². The van der Waals surface area contributed by atoms with E-state index in [4.69, 9.17) is 0 Å². The molecule has 0 aliphatic heterocycles. The van der Waals surface area contributed by atoms with E-state index >= 15 is 0 Å². The minimum absolute atomic E-state index is 0.00798. The third-order valence-corrected chi connectivity index (χ3v) is 2.48. The number of alkyl halides is 1. The third-order valence-electron chi connectivity index (χ3n) is 2.02. The second kappa shape index (κ2) is 5.34. The molecule has 1 rings (SSSR count). The lowest BCUT2D eigenvalue weighted by molar-refractivity contribution is 0.0160. The smallest absolute Gasteiger partial charge is 0.121 e. The second-order valence-corrected chi connectivity index (χ2v) is 3.84. The molecule has 0 amide bonds. The molecule has 0 spiro atoms. The van der Waals surface area contributed by atoms with E-state index in [1.807, 2.05) is 0 Å². The van der Waals surface area contributed by atoms with E-state index in [2.05, 4.69) is 15.9 Å². The number of phenolic OH excluding ortho intramolecular Hbond substituents is 1. The van der Waals surface area contributed by atoms with Gasteiger partial charge in [0, 0.05) is 10.9 Å². The van der Waals surface area contributed by atoms with Gasteiger partial charge in [-0.05, 0) is 12.5 Å². The first-order valence-corrected chi connectivity index (χ1v) is 5.49. The zero-order valence-corrected chi connectivity index (χ0v) is 9.18. The third kappa shape index (κ3) is 2.70. The van der Waals surface area contributed by atoms with Gasteiger partial charge in [0.05, 0.1) is 6.10 Å². The number of hydrogen-bond acceptors (Lipinski definition) is 3. The molecule has 3 nitrogen and oxygen atoms in total. The fourth-order valence-corrected chi connectivity index (χ4v) is 1.68. The molecule has 2 unspecified atom stereocenters. The molecule has 0 bridgehead atoms. The first kappa shape index (κ1) is 11.5. The number of benzene rings is 1. The molecule has 2 atom stereocenters. The van der Waals surface area contributed by atoms with Crippen LogP contribution in [0, 0.1) is 0 Å². The lowest BCUT2D eigenvalue weighted by atomic mass is 10.0. The molecule has 4 heteroatoms. The quantitative estimate of drug-likeness (QED) is 0.721. The van der Waals surface area contributed by atoms with Crippen LogP contribution in [0.5, 0.6) is 5.75 Å². The van der Waals surface area contributed by atoms with Crippen molar-refractivity contribution >= 4 is 15.9 Å². The highest BCUT2D eigenvalue weighted by atomic mass is 79.9. The number of halogens is 1. The van der Waals surface area contributed by atoms with E-state index in [9.17, 15) is 15.3 Å². The van der Waals surface area contributed by atoms with Crippen LogP contribution < -0.4 is 0 Å². The number of aliphatic hydroxyl groups is 2. The fraction of sp³-hybridized carbons (Fsp3) is 0.400. The van der Waals surface area contributed by atoms with Crippen molar-refractivity contribution in [3.05, 3.63) is 29.8 Å². The van der Waals surface area contributed by atoms with Gasteiger partial charge in [0.15, 0.2) is 0 Å². The van der Waals surface area contributed by atoms with Crippen molar-refractivity contribution in [3.8, 4) is 5.75 Å². The Balaban J connectivity index is 2.78. The molecule has 3 N–H and O–H groups in total. The van der Waals surface area contributed by atoms with Crippen molar-refractivity contribution in [2.24, 2.45) is 0 Å². The maximum atomic E-state index is 9.67. The van der Waals surface area contributed by atoms with Gasteiger partial charge in [-0.2, -0.15) is 0 Å². The first-order valence-electron chi connectivity index (χ1n) is 4.36. The van der Waals surface area contributed by atoms with Crippen molar-refractivity contribution in [3.63, 3.8) is 0 Å². The highest BCUT2D eigenvalue weighted by Crippen LogP contribution is 2.27. The summed E-state index contributed by atoms with van der Waals surface area (Å²) in [4.78, 5) is 0. The Morgan fingerprint density at radius 1 is 1.21 bits per heavy atom. The van der Waals surface area contributed by atoms with E-state index in [1.165, 1.54) is 6.07 Å². The van der Waals surface area contributed by atoms with Crippen molar-refractivity contribution in [1.82, 2.24) is 0 Å². The largest absolute Gasteiger partial charge is 0.508 e. The van der Waals surface area contributed by atoms with Crippen LogP contribution in [0.15, 0.2) is 24.3 Å². The Kier molecular flexibility index (Phi) is 4.38. The molecule has 78 valence electrons. The van der Waals surface area contributed by atoms with Gasteiger partial charge in [-0.3, -0.25) is 0 Å². The normalized spacial score (nSPS) is 15.1. The maximum absolute atomic E-state index is 9.67. The van der Waals surface area contributed by atoms with Gasteiger partial charge < -0.3 is 15.3 Å². The average molecular weight is 261 g/mol. The summed E-state index contributed by atoms with van der Waals surface area (Å²) in [5.41, 5.74) is 0.362. The molecule has 0 heterocycles. The molecule has 0 aliphatic rings. The number of aromatic hydroxyl groups is 1. The minimum atomic E-state index is -1.03. The van der Waals surface area contributed by atoms with E-state index in [1.54, 1.807) is 18.2 Å². The van der Waals surface area contributed by atoms with Crippen LogP contribution in [-0.2, 0) is 0 Å². The SMILES string of the molecule is Oc1ccccc1C(O)C(O)CCBr. The highest BCUT2D eigenvalue weighted by Gasteiger charge is 2.19. The summed E-state index contributed by atoms with van der Waals surface area (Å²) in [5, 5.41) is 29.2. The number of para-hydroxylation sites is 1. The Hall–Kier alpha value is -0.580.